The van der Waals surface area contributed by atoms with Crippen molar-refractivity contribution in [2.24, 2.45) is 9.98 Å². The number of rotatable bonds is 3. The number of aliphatic imine (C=N–C) groups is 2. The number of nitrogens with zero attached hydrogens (tertiary/aromatic N) is 5. The number of hydrogen-bond donors (Lipinski definition) is 0. The molecule has 0 radical (unpaired) electrons. The number of dihydropyridines is 1. The summed E-state index contributed by atoms with van der Waals surface area (Å²) in [5, 5.41) is 6.05. The molecule has 30 heavy (non-hydrogen) atoms. The summed E-state index contributed by atoms with van der Waals surface area (Å²) in [4.78, 5) is 17.8. The van der Waals surface area contributed by atoms with Gasteiger partial charge >= 0.3 is 0 Å². The van der Waals surface area contributed by atoms with Gasteiger partial charge in [-0.25, -0.2) is 9.97 Å². The molecule has 0 amide bonds. The number of aryl methyl sites for hydroxylation is 2. The van der Waals surface area contributed by atoms with Gasteiger partial charge < -0.3 is 4.52 Å². The number of benzene rings is 2. The second-order valence-corrected chi connectivity index (χ2v) is 7.19. The molecule has 6 heteroatoms. The highest BCUT2D eigenvalue weighted by molar-refractivity contribution is 6.11. The summed E-state index contributed by atoms with van der Waals surface area (Å²) < 4.78 is 5.28. The zero-order valence-corrected chi connectivity index (χ0v) is 16.7. The number of hydrogen-bond acceptors (Lipinski definition) is 6. The van der Waals surface area contributed by atoms with Gasteiger partial charge in [0.25, 0.3) is 0 Å². The van der Waals surface area contributed by atoms with Crippen molar-refractivity contribution in [2.45, 2.75) is 13.8 Å². The number of aromatic nitrogens is 3. The first-order valence-electron chi connectivity index (χ1n) is 9.71. The lowest BCUT2D eigenvalue weighted by Crippen LogP contribution is -2.04. The van der Waals surface area contributed by atoms with Crippen LogP contribution in [0.25, 0.3) is 21.9 Å². The van der Waals surface area contributed by atoms with Crippen molar-refractivity contribution in [3.05, 3.63) is 83.5 Å². The van der Waals surface area contributed by atoms with E-state index in [-0.39, 0.29) is 0 Å². The molecule has 0 unspecified atom stereocenters. The fraction of sp³-hybridized carbons (Fsp3) is 0.125. The van der Waals surface area contributed by atoms with E-state index in [4.69, 9.17) is 9.52 Å². The van der Waals surface area contributed by atoms with E-state index >= 15 is 0 Å². The fourth-order valence-electron chi connectivity index (χ4n) is 3.46. The topological polar surface area (TPSA) is 76.5 Å². The highest BCUT2D eigenvalue weighted by Crippen LogP contribution is 2.22. The summed E-state index contributed by atoms with van der Waals surface area (Å²) in [6.45, 7) is 4.53. The van der Waals surface area contributed by atoms with Crippen molar-refractivity contribution in [1.82, 2.24) is 15.1 Å². The fourth-order valence-corrected chi connectivity index (χ4v) is 3.46. The van der Waals surface area contributed by atoms with Gasteiger partial charge in [0.15, 0.2) is 5.58 Å². The van der Waals surface area contributed by atoms with E-state index in [1.165, 1.54) is 0 Å². The van der Waals surface area contributed by atoms with Crippen LogP contribution in [0.15, 0.2) is 81.0 Å². The molecule has 0 spiro atoms. The van der Waals surface area contributed by atoms with E-state index in [9.17, 15) is 0 Å². The summed E-state index contributed by atoms with van der Waals surface area (Å²) in [5.41, 5.74) is 7.55. The lowest BCUT2D eigenvalue weighted by atomic mass is 10.0. The molecule has 6 nitrogen and oxygen atoms in total. The first-order chi connectivity index (χ1) is 14.7. The van der Waals surface area contributed by atoms with Crippen LogP contribution in [0.4, 0.5) is 5.69 Å². The van der Waals surface area contributed by atoms with Crippen LogP contribution in [-0.2, 0) is 0 Å². The lowest BCUT2D eigenvalue weighted by molar-refractivity contribution is 0.450. The first kappa shape index (κ1) is 18.1. The van der Waals surface area contributed by atoms with E-state index in [1.807, 2.05) is 62.5 Å². The predicted octanol–water partition coefficient (Wildman–Crippen LogP) is 5.08. The summed E-state index contributed by atoms with van der Waals surface area (Å²) in [7, 11) is 0. The van der Waals surface area contributed by atoms with Crippen LogP contribution in [0.3, 0.4) is 0 Å². The molecule has 0 saturated heterocycles. The second-order valence-electron chi connectivity index (χ2n) is 7.19. The molecule has 3 heterocycles. The summed E-state index contributed by atoms with van der Waals surface area (Å²) in [5.74, 6) is 0. The Hall–Kier alpha value is -3.93. The van der Waals surface area contributed by atoms with Crippen molar-refractivity contribution in [3.63, 3.8) is 0 Å². The Morgan fingerprint density at radius 1 is 0.967 bits per heavy atom. The summed E-state index contributed by atoms with van der Waals surface area (Å²) >= 11 is 0. The highest BCUT2D eigenvalue weighted by Gasteiger charge is 2.09. The van der Waals surface area contributed by atoms with E-state index in [0.717, 1.165) is 55.8 Å². The minimum absolute atomic E-state index is 0.614. The third-order valence-corrected chi connectivity index (χ3v) is 5.16. The summed E-state index contributed by atoms with van der Waals surface area (Å²) in [6.07, 6.45) is 9.50. The van der Waals surface area contributed by atoms with E-state index < -0.39 is 0 Å². The van der Waals surface area contributed by atoms with Gasteiger partial charge in [-0.3, -0.25) is 9.98 Å². The maximum absolute atomic E-state index is 5.28. The van der Waals surface area contributed by atoms with Crippen LogP contribution in [0, 0.1) is 13.8 Å². The normalized spacial score (nSPS) is 15.5. The average Bonchev–Trinajstić information content (AvgIpc) is 3.15. The molecule has 146 valence electrons. The largest absolute Gasteiger partial charge is 0.356 e. The van der Waals surface area contributed by atoms with Crippen LogP contribution in [-0.4, -0.2) is 33.6 Å². The standard InChI is InChI=1S/C24H19N5O/c1-15-20-12-19(5-7-23(20)28-14-27-15)25-10-9-17-3-6-22(26-13-17)18-4-8-24-21(11-18)16(2)29-30-24/h3-12,14H,13H2,1-2H3/b17-9-,25-10?. The minimum Gasteiger partial charge on any atom is -0.356 e. The van der Waals surface area contributed by atoms with Crippen molar-refractivity contribution >= 4 is 39.5 Å². The van der Waals surface area contributed by atoms with Gasteiger partial charge in [0, 0.05) is 28.2 Å². The molecule has 4 aromatic rings. The van der Waals surface area contributed by atoms with Crippen LogP contribution in [0.2, 0.25) is 0 Å². The van der Waals surface area contributed by atoms with Crippen LogP contribution in [0.1, 0.15) is 17.0 Å². The Bertz CT molecular complexity index is 1390. The minimum atomic E-state index is 0.614. The molecule has 0 atom stereocenters. The monoisotopic (exact) mass is 393 g/mol. The molecule has 5 rings (SSSR count). The molecule has 0 saturated carbocycles. The zero-order valence-electron chi connectivity index (χ0n) is 16.7. The molecule has 1 aliphatic rings. The van der Waals surface area contributed by atoms with E-state index in [1.54, 1.807) is 6.33 Å². The number of allylic oxidation sites excluding steroid dienone is 2. The molecule has 0 bridgehead atoms. The van der Waals surface area contributed by atoms with E-state index in [0.29, 0.717) is 6.54 Å². The molecule has 0 fully saturated rings. The third-order valence-electron chi connectivity index (χ3n) is 5.16. The molecule has 2 aromatic carbocycles. The number of fused-ring (bicyclic) bond motifs is 2. The van der Waals surface area contributed by atoms with Gasteiger partial charge in [-0.15, -0.1) is 0 Å². The molecule has 0 N–H and O–H groups in total. The van der Waals surface area contributed by atoms with Crippen LogP contribution in [0.5, 0.6) is 0 Å². The SMILES string of the molecule is Cc1ncnc2ccc(N=C/C=C3/C=CC(c4ccc5onc(C)c5c4)=NC3)cc12. The van der Waals surface area contributed by atoms with Crippen LogP contribution < -0.4 is 0 Å². The maximum Gasteiger partial charge on any atom is 0.167 e. The smallest absolute Gasteiger partial charge is 0.167 e. The molecule has 1 aliphatic heterocycles. The van der Waals surface area contributed by atoms with Gasteiger partial charge in [0.05, 0.1) is 29.2 Å². The van der Waals surface area contributed by atoms with Crippen molar-refractivity contribution in [2.75, 3.05) is 6.54 Å². The Labute approximate surface area is 173 Å². The van der Waals surface area contributed by atoms with Crippen molar-refractivity contribution < 1.29 is 4.52 Å². The Kier molecular flexibility index (Phi) is 4.52. The van der Waals surface area contributed by atoms with Gasteiger partial charge in [-0.2, -0.15) is 0 Å². The molecule has 0 aliphatic carbocycles. The van der Waals surface area contributed by atoms with Gasteiger partial charge in [-0.05, 0) is 68.0 Å². The molecular formula is C24H19N5O. The summed E-state index contributed by atoms with van der Waals surface area (Å²) in [6, 6.07) is 12.0. The quantitative estimate of drug-likeness (QED) is 0.455. The van der Waals surface area contributed by atoms with Crippen molar-refractivity contribution in [3.8, 4) is 0 Å². The Morgan fingerprint density at radius 3 is 2.77 bits per heavy atom. The second kappa shape index (κ2) is 7.48. The van der Waals surface area contributed by atoms with Crippen LogP contribution >= 0.6 is 0 Å². The zero-order chi connectivity index (χ0) is 20.5. The molecule has 2 aromatic heterocycles. The lowest BCUT2D eigenvalue weighted by Gasteiger charge is -2.08. The van der Waals surface area contributed by atoms with Gasteiger partial charge in [0.2, 0.25) is 0 Å². The highest BCUT2D eigenvalue weighted by atomic mass is 16.5. The average molecular weight is 393 g/mol. The van der Waals surface area contributed by atoms with Crippen molar-refractivity contribution in [1.29, 1.82) is 0 Å². The Balaban J connectivity index is 1.32. The van der Waals surface area contributed by atoms with E-state index in [2.05, 4.69) is 32.3 Å². The predicted molar refractivity (Wildman–Crippen MR) is 120 cm³/mol. The molecular weight excluding hydrogens is 374 g/mol. The maximum atomic E-state index is 5.28. The third kappa shape index (κ3) is 3.43. The van der Waals surface area contributed by atoms with Gasteiger partial charge in [0.1, 0.15) is 6.33 Å². The first-order valence-corrected chi connectivity index (χ1v) is 9.71. The van der Waals surface area contributed by atoms with Gasteiger partial charge in [-0.1, -0.05) is 11.2 Å². The Morgan fingerprint density at radius 2 is 1.90 bits per heavy atom.